The lowest BCUT2D eigenvalue weighted by Gasteiger charge is -2.12. The van der Waals surface area contributed by atoms with E-state index in [-0.39, 0.29) is 5.88 Å². The van der Waals surface area contributed by atoms with Crippen LogP contribution in [-0.2, 0) is 5.88 Å². The lowest BCUT2D eigenvalue weighted by atomic mass is 10.2. The molecule has 0 aliphatic heterocycles. The second-order valence-corrected chi connectivity index (χ2v) is 4.75. The average Bonchev–Trinajstić information content (AvgIpc) is 2.92. The summed E-state index contributed by atoms with van der Waals surface area (Å²) in [6.45, 7) is 0. The van der Waals surface area contributed by atoms with Crippen molar-refractivity contribution in [3.8, 4) is 17.5 Å². The van der Waals surface area contributed by atoms with E-state index in [9.17, 15) is 0 Å². The molecular weight excluding hydrogens is 286 g/mol. The second kappa shape index (κ2) is 5.47. The monoisotopic (exact) mass is 297 g/mol. The molecular formula is C16H12ClN3O. The van der Waals surface area contributed by atoms with Crippen LogP contribution in [0, 0.1) is 11.3 Å². The Labute approximate surface area is 127 Å². The van der Waals surface area contributed by atoms with Crippen LogP contribution in [0.5, 0.6) is 5.75 Å². The summed E-state index contributed by atoms with van der Waals surface area (Å²) in [5, 5.41) is 9.09. The Hall–Kier alpha value is -2.51. The van der Waals surface area contributed by atoms with Gasteiger partial charge >= 0.3 is 0 Å². The Kier molecular flexibility index (Phi) is 3.51. The van der Waals surface area contributed by atoms with Crippen molar-refractivity contribution in [3.63, 3.8) is 0 Å². The molecule has 0 aliphatic carbocycles. The van der Waals surface area contributed by atoms with Gasteiger partial charge in [0.15, 0.2) is 0 Å². The summed E-state index contributed by atoms with van der Waals surface area (Å²) in [5.41, 5.74) is 3.08. The first-order valence-electron chi connectivity index (χ1n) is 6.39. The molecule has 0 saturated carbocycles. The molecule has 0 unspecified atom stereocenters. The summed E-state index contributed by atoms with van der Waals surface area (Å²) in [6.07, 6.45) is 0. The van der Waals surface area contributed by atoms with Gasteiger partial charge in [-0.25, -0.2) is 4.98 Å². The van der Waals surface area contributed by atoms with E-state index < -0.39 is 0 Å². The topological polar surface area (TPSA) is 50.8 Å². The standard InChI is InChI=1S/C16H12ClN3O/c1-21-15-5-3-2-4-13(15)20-14-8-11(10-18)6-7-12(14)19-16(20)9-17/h2-8H,9H2,1H3. The van der Waals surface area contributed by atoms with Crippen LogP contribution in [0.2, 0.25) is 0 Å². The van der Waals surface area contributed by atoms with Gasteiger partial charge in [0.2, 0.25) is 0 Å². The molecule has 0 aliphatic rings. The zero-order chi connectivity index (χ0) is 14.8. The van der Waals surface area contributed by atoms with Crippen molar-refractivity contribution in [2.24, 2.45) is 0 Å². The van der Waals surface area contributed by atoms with Crippen molar-refractivity contribution < 1.29 is 4.74 Å². The number of alkyl halides is 1. The molecule has 104 valence electrons. The summed E-state index contributed by atoms with van der Waals surface area (Å²) in [6, 6.07) is 15.2. The maximum atomic E-state index is 9.09. The number of imidazole rings is 1. The first-order valence-corrected chi connectivity index (χ1v) is 6.92. The quantitative estimate of drug-likeness (QED) is 0.693. The fourth-order valence-electron chi connectivity index (χ4n) is 2.37. The third-order valence-corrected chi connectivity index (χ3v) is 3.54. The highest BCUT2D eigenvalue weighted by molar-refractivity contribution is 6.17. The largest absolute Gasteiger partial charge is 0.495 e. The minimum atomic E-state index is 0.272. The first kappa shape index (κ1) is 13.5. The minimum Gasteiger partial charge on any atom is -0.495 e. The molecule has 0 atom stereocenters. The third kappa shape index (κ3) is 2.22. The normalized spacial score (nSPS) is 10.5. The van der Waals surface area contributed by atoms with Crippen LogP contribution in [0.3, 0.4) is 0 Å². The molecule has 3 aromatic rings. The Morgan fingerprint density at radius 1 is 1.29 bits per heavy atom. The summed E-state index contributed by atoms with van der Waals surface area (Å²) in [5.74, 6) is 1.71. The summed E-state index contributed by atoms with van der Waals surface area (Å²) in [4.78, 5) is 4.52. The highest BCUT2D eigenvalue weighted by Gasteiger charge is 2.15. The molecule has 0 spiro atoms. The molecule has 0 bridgehead atoms. The highest BCUT2D eigenvalue weighted by Crippen LogP contribution is 2.29. The second-order valence-electron chi connectivity index (χ2n) is 4.48. The third-order valence-electron chi connectivity index (χ3n) is 3.30. The molecule has 5 heteroatoms. The van der Waals surface area contributed by atoms with Crippen molar-refractivity contribution in [1.82, 2.24) is 9.55 Å². The summed E-state index contributed by atoms with van der Waals surface area (Å²) < 4.78 is 7.35. The Bertz CT molecular complexity index is 848. The van der Waals surface area contributed by atoms with E-state index in [1.807, 2.05) is 41.0 Å². The molecule has 0 radical (unpaired) electrons. The maximum absolute atomic E-state index is 9.09. The van der Waals surface area contributed by atoms with E-state index in [0.717, 1.165) is 22.5 Å². The number of fused-ring (bicyclic) bond motifs is 1. The smallest absolute Gasteiger partial charge is 0.142 e. The van der Waals surface area contributed by atoms with Crippen LogP contribution in [0.25, 0.3) is 16.7 Å². The van der Waals surface area contributed by atoms with Crippen molar-refractivity contribution in [2.75, 3.05) is 7.11 Å². The Morgan fingerprint density at radius 3 is 2.81 bits per heavy atom. The van der Waals surface area contributed by atoms with Crippen LogP contribution < -0.4 is 4.74 Å². The zero-order valence-corrected chi connectivity index (χ0v) is 12.1. The van der Waals surface area contributed by atoms with Crippen LogP contribution in [-0.4, -0.2) is 16.7 Å². The van der Waals surface area contributed by atoms with Crippen molar-refractivity contribution >= 4 is 22.6 Å². The number of para-hydroxylation sites is 2. The van der Waals surface area contributed by atoms with Crippen LogP contribution in [0.1, 0.15) is 11.4 Å². The number of rotatable bonds is 3. The predicted octanol–water partition coefficient (Wildman–Crippen LogP) is 3.64. The first-order chi connectivity index (χ1) is 10.3. The van der Waals surface area contributed by atoms with Crippen molar-refractivity contribution in [1.29, 1.82) is 5.26 Å². The molecule has 1 heterocycles. The maximum Gasteiger partial charge on any atom is 0.142 e. The SMILES string of the molecule is COc1ccccc1-n1c(CCl)nc2ccc(C#N)cc21. The fraction of sp³-hybridized carbons (Fsp3) is 0.125. The zero-order valence-electron chi connectivity index (χ0n) is 11.4. The molecule has 4 nitrogen and oxygen atoms in total. The van der Waals surface area contributed by atoms with E-state index in [0.29, 0.717) is 11.4 Å². The number of nitrogens with zero attached hydrogens (tertiary/aromatic N) is 3. The number of nitriles is 1. The van der Waals surface area contributed by atoms with Crippen LogP contribution >= 0.6 is 11.6 Å². The van der Waals surface area contributed by atoms with Gasteiger partial charge in [-0.1, -0.05) is 12.1 Å². The summed E-state index contributed by atoms with van der Waals surface area (Å²) in [7, 11) is 1.62. The predicted molar refractivity (Wildman–Crippen MR) is 81.9 cm³/mol. The number of halogens is 1. The number of aromatic nitrogens is 2. The van der Waals surface area contributed by atoms with E-state index >= 15 is 0 Å². The summed E-state index contributed by atoms with van der Waals surface area (Å²) >= 11 is 6.03. The van der Waals surface area contributed by atoms with Gasteiger partial charge in [0.1, 0.15) is 11.6 Å². The number of hydrogen-bond donors (Lipinski definition) is 0. The Morgan fingerprint density at radius 2 is 2.10 bits per heavy atom. The van der Waals surface area contributed by atoms with Gasteiger partial charge in [-0.2, -0.15) is 5.26 Å². The van der Waals surface area contributed by atoms with Crippen LogP contribution in [0.15, 0.2) is 42.5 Å². The van der Waals surface area contributed by atoms with Gasteiger partial charge in [0, 0.05) is 0 Å². The van der Waals surface area contributed by atoms with Gasteiger partial charge in [0.05, 0.1) is 41.3 Å². The Balaban J connectivity index is 2.37. The molecule has 0 saturated heterocycles. The number of methoxy groups -OCH3 is 1. The van der Waals surface area contributed by atoms with E-state index in [1.165, 1.54) is 0 Å². The minimum absolute atomic E-state index is 0.272. The number of hydrogen-bond acceptors (Lipinski definition) is 3. The lowest BCUT2D eigenvalue weighted by molar-refractivity contribution is 0.413. The van der Waals surface area contributed by atoms with Gasteiger partial charge in [0.25, 0.3) is 0 Å². The molecule has 21 heavy (non-hydrogen) atoms. The molecule has 0 N–H and O–H groups in total. The molecule has 2 aromatic carbocycles. The fourth-order valence-corrected chi connectivity index (χ4v) is 2.55. The number of ether oxygens (including phenoxy) is 1. The van der Waals surface area contributed by atoms with E-state index in [1.54, 1.807) is 13.2 Å². The average molecular weight is 298 g/mol. The van der Waals surface area contributed by atoms with E-state index in [2.05, 4.69) is 11.1 Å². The van der Waals surface area contributed by atoms with Crippen molar-refractivity contribution in [2.45, 2.75) is 5.88 Å². The molecule has 0 fully saturated rings. The van der Waals surface area contributed by atoms with Gasteiger partial charge in [-0.05, 0) is 30.3 Å². The van der Waals surface area contributed by atoms with E-state index in [4.69, 9.17) is 21.6 Å². The highest BCUT2D eigenvalue weighted by atomic mass is 35.5. The molecule has 1 aromatic heterocycles. The number of benzene rings is 2. The van der Waals surface area contributed by atoms with Crippen LogP contribution in [0.4, 0.5) is 0 Å². The van der Waals surface area contributed by atoms with Gasteiger partial charge in [-0.15, -0.1) is 11.6 Å². The molecule has 3 rings (SSSR count). The molecule has 0 amide bonds. The van der Waals surface area contributed by atoms with Gasteiger partial charge in [-0.3, -0.25) is 4.57 Å². The lowest BCUT2D eigenvalue weighted by Crippen LogP contribution is -2.01. The van der Waals surface area contributed by atoms with Gasteiger partial charge < -0.3 is 4.74 Å². The van der Waals surface area contributed by atoms with Crippen molar-refractivity contribution in [3.05, 3.63) is 53.9 Å².